The van der Waals surface area contributed by atoms with Crippen LogP contribution < -0.4 is 4.74 Å². The van der Waals surface area contributed by atoms with Crippen LogP contribution in [0, 0.1) is 5.82 Å². The van der Waals surface area contributed by atoms with Gasteiger partial charge in [-0.05, 0) is 18.2 Å². The molecular formula is C10H9FO4. The van der Waals surface area contributed by atoms with Gasteiger partial charge in [-0.15, -0.1) is 0 Å². The zero-order chi connectivity index (χ0) is 11.4. The van der Waals surface area contributed by atoms with E-state index in [1.54, 1.807) is 0 Å². The first-order chi connectivity index (χ1) is 7.04. The molecule has 15 heavy (non-hydrogen) atoms. The summed E-state index contributed by atoms with van der Waals surface area (Å²) in [7, 11) is 1.36. The Morgan fingerprint density at radius 1 is 1.47 bits per heavy atom. The van der Waals surface area contributed by atoms with Crippen LogP contribution >= 0.6 is 0 Å². The highest BCUT2D eigenvalue weighted by molar-refractivity contribution is 6.33. The molecule has 0 aliphatic carbocycles. The van der Waals surface area contributed by atoms with Gasteiger partial charge in [0.1, 0.15) is 11.6 Å². The van der Waals surface area contributed by atoms with Crippen molar-refractivity contribution in [1.29, 1.82) is 0 Å². The van der Waals surface area contributed by atoms with Gasteiger partial charge in [0, 0.05) is 12.0 Å². The third-order valence-electron chi connectivity index (χ3n) is 1.83. The number of hydrogen-bond donors (Lipinski definition) is 1. The summed E-state index contributed by atoms with van der Waals surface area (Å²) in [5.74, 6) is -2.78. The Morgan fingerprint density at radius 2 is 2.13 bits per heavy atom. The topological polar surface area (TPSA) is 63.6 Å². The summed E-state index contributed by atoms with van der Waals surface area (Å²) < 4.78 is 17.7. The summed E-state index contributed by atoms with van der Waals surface area (Å²) in [6.45, 7) is 0. The van der Waals surface area contributed by atoms with Crippen molar-refractivity contribution < 1.29 is 23.8 Å². The van der Waals surface area contributed by atoms with Crippen LogP contribution in [0.3, 0.4) is 0 Å². The zero-order valence-corrected chi connectivity index (χ0v) is 7.99. The summed E-state index contributed by atoms with van der Waals surface area (Å²) in [4.78, 5) is 21.2. The van der Waals surface area contributed by atoms with Crippen LogP contribution in [-0.4, -0.2) is 24.0 Å². The molecule has 0 saturated carbocycles. The highest BCUT2D eigenvalue weighted by Gasteiger charge is 2.15. The number of carboxylic acids is 1. The molecule has 0 atom stereocenters. The molecule has 0 aromatic heterocycles. The van der Waals surface area contributed by atoms with Crippen LogP contribution in [0.2, 0.25) is 0 Å². The van der Waals surface area contributed by atoms with Crippen molar-refractivity contribution in [1.82, 2.24) is 0 Å². The Labute approximate surface area is 85.3 Å². The first-order valence-electron chi connectivity index (χ1n) is 4.13. The number of benzene rings is 1. The van der Waals surface area contributed by atoms with Gasteiger partial charge in [-0.1, -0.05) is 0 Å². The molecule has 0 amide bonds. The minimum atomic E-state index is -1.54. The quantitative estimate of drug-likeness (QED) is 0.757. The van der Waals surface area contributed by atoms with Crippen molar-refractivity contribution >= 4 is 11.8 Å². The lowest BCUT2D eigenvalue weighted by atomic mass is 10.1. The van der Waals surface area contributed by atoms with Gasteiger partial charge in [-0.2, -0.15) is 0 Å². The van der Waals surface area contributed by atoms with Gasteiger partial charge in [-0.25, -0.2) is 9.18 Å². The van der Waals surface area contributed by atoms with E-state index in [2.05, 4.69) is 0 Å². The number of carbonyl (C=O) groups is 2. The maximum absolute atomic E-state index is 12.8. The second kappa shape index (κ2) is 4.54. The predicted molar refractivity (Wildman–Crippen MR) is 49.3 cm³/mol. The second-order valence-corrected chi connectivity index (χ2v) is 2.86. The second-order valence-electron chi connectivity index (χ2n) is 2.86. The van der Waals surface area contributed by atoms with Crippen molar-refractivity contribution in [2.45, 2.75) is 6.42 Å². The molecule has 1 rings (SSSR count). The number of ketones is 1. The Kier molecular flexibility index (Phi) is 3.38. The fraction of sp³-hybridized carbons (Fsp3) is 0.200. The minimum Gasteiger partial charge on any atom is -0.496 e. The largest absolute Gasteiger partial charge is 0.496 e. The lowest BCUT2D eigenvalue weighted by Crippen LogP contribution is -2.15. The Morgan fingerprint density at radius 3 is 2.67 bits per heavy atom. The number of Topliss-reactive ketones (excluding diaryl/α,β-unsaturated/α-hetero) is 1. The van der Waals surface area contributed by atoms with E-state index in [1.807, 2.05) is 0 Å². The molecule has 0 unspecified atom stereocenters. The van der Waals surface area contributed by atoms with Crippen LogP contribution in [0.4, 0.5) is 4.39 Å². The van der Waals surface area contributed by atoms with E-state index in [4.69, 9.17) is 9.84 Å². The normalized spacial score (nSPS) is 9.73. The molecule has 0 bridgehead atoms. The van der Waals surface area contributed by atoms with E-state index >= 15 is 0 Å². The van der Waals surface area contributed by atoms with Crippen molar-refractivity contribution in [3.8, 4) is 5.75 Å². The van der Waals surface area contributed by atoms with Crippen LogP contribution in [0.5, 0.6) is 5.75 Å². The molecule has 0 aliphatic heterocycles. The van der Waals surface area contributed by atoms with Gasteiger partial charge < -0.3 is 9.84 Å². The van der Waals surface area contributed by atoms with Crippen molar-refractivity contribution in [2.24, 2.45) is 0 Å². The van der Waals surface area contributed by atoms with E-state index in [1.165, 1.54) is 19.2 Å². The molecular weight excluding hydrogens is 203 g/mol. The number of halogens is 1. The maximum atomic E-state index is 12.8. The van der Waals surface area contributed by atoms with Crippen molar-refractivity contribution in [2.75, 3.05) is 7.11 Å². The maximum Gasteiger partial charge on any atom is 0.372 e. The molecule has 80 valence electrons. The van der Waals surface area contributed by atoms with Crippen LogP contribution in [0.15, 0.2) is 18.2 Å². The third-order valence-corrected chi connectivity index (χ3v) is 1.83. The van der Waals surface area contributed by atoms with E-state index < -0.39 is 17.6 Å². The minimum absolute atomic E-state index is 0.227. The van der Waals surface area contributed by atoms with Crippen molar-refractivity contribution in [3.63, 3.8) is 0 Å². The SMILES string of the molecule is COc1ccc(F)cc1CC(=O)C(=O)O. The van der Waals surface area contributed by atoms with Crippen molar-refractivity contribution in [3.05, 3.63) is 29.6 Å². The van der Waals surface area contributed by atoms with E-state index in [9.17, 15) is 14.0 Å². The van der Waals surface area contributed by atoms with Crippen LogP contribution in [0.1, 0.15) is 5.56 Å². The zero-order valence-electron chi connectivity index (χ0n) is 7.99. The van der Waals surface area contributed by atoms with Crippen LogP contribution in [-0.2, 0) is 16.0 Å². The molecule has 0 saturated heterocycles. The number of methoxy groups -OCH3 is 1. The monoisotopic (exact) mass is 212 g/mol. The molecule has 0 fully saturated rings. The average molecular weight is 212 g/mol. The number of carboxylic acid groups (broad SMARTS) is 1. The third kappa shape index (κ3) is 2.77. The molecule has 1 aromatic carbocycles. The average Bonchev–Trinajstić information content (AvgIpc) is 2.18. The Balaban J connectivity index is 2.97. The van der Waals surface area contributed by atoms with E-state index in [0.717, 1.165) is 6.07 Å². The molecule has 4 nitrogen and oxygen atoms in total. The number of rotatable bonds is 4. The summed E-state index contributed by atoms with van der Waals surface area (Å²) >= 11 is 0. The van der Waals surface area contributed by atoms with Gasteiger partial charge in [0.25, 0.3) is 0 Å². The molecule has 0 heterocycles. The predicted octanol–water partition coefficient (Wildman–Crippen LogP) is 1.03. The standard InChI is InChI=1S/C10H9FO4/c1-15-9-3-2-7(11)4-6(9)5-8(12)10(13)14/h2-4H,5H2,1H3,(H,13,14). The first kappa shape index (κ1) is 11.2. The van der Waals surface area contributed by atoms with Gasteiger partial charge >= 0.3 is 5.97 Å². The highest BCUT2D eigenvalue weighted by Crippen LogP contribution is 2.19. The number of hydrogen-bond acceptors (Lipinski definition) is 3. The highest BCUT2D eigenvalue weighted by atomic mass is 19.1. The lowest BCUT2D eigenvalue weighted by molar-refractivity contribution is -0.148. The molecule has 0 aliphatic rings. The summed E-state index contributed by atoms with van der Waals surface area (Å²) in [5, 5.41) is 8.39. The Hall–Kier alpha value is -1.91. The summed E-state index contributed by atoms with van der Waals surface area (Å²) in [6.07, 6.45) is -0.379. The first-order valence-corrected chi connectivity index (χ1v) is 4.13. The molecule has 1 N–H and O–H groups in total. The van der Waals surface area contributed by atoms with Gasteiger partial charge in [0.15, 0.2) is 0 Å². The molecule has 0 radical (unpaired) electrons. The van der Waals surface area contributed by atoms with Crippen LogP contribution in [0.25, 0.3) is 0 Å². The fourth-order valence-corrected chi connectivity index (χ4v) is 1.13. The summed E-state index contributed by atoms with van der Waals surface area (Å²) in [6, 6.07) is 3.60. The molecule has 0 spiro atoms. The number of ether oxygens (including phenoxy) is 1. The van der Waals surface area contributed by atoms with Gasteiger partial charge in [0.2, 0.25) is 5.78 Å². The molecule has 1 aromatic rings. The van der Waals surface area contributed by atoms with Gasteiger partial charge in [-0.3, -0.25) is 4.79 Å². The van der Waals surface area contributed by atoms with E-state index in [0.29, 0.717) is 5.75 Å². The van der Waals surface area contributed by atoms with Gasteiger partial charge in [0.05, 0.1) is 7.11 Å². The van der Waals surface area contributed by atoms with E-state index in [-0.39, 0.29) is 12.0 Å². The Bertz CT molecular complexity index is 400. The summed E-state index contributed by atoms with van der Waals surface area (Å²) in [5.41, 5.74) is 0.227. The number of carbonyl (C=O) groups excluding carboxylic acids is 1. The fourth-order valence-electron chi connectivity index (χ4n) is 1.13. The number of aliphatic carboxylic acids is 1. The smallest absolute Gasteiger partial charge is 0.372 e. The lowest BCUT2D eigenvalue weighted by Gasteiger charge is -2.06. The molecule has 5 heteroatoms.